The number of benzene rings is 2. The van der Waals surface area contributed by atoms with E-state index in [1.165, 1.54) is 0 Å². The number of hydrogen-bond donors (Lipinski definition) is 1. The van der Waals surface area contributed by atoms with E-state index in [4.69, 9.17) is 10.5 Å². The molecule has 24 heavy (non-hydrogen) atoms. The van der Waals surface area contributed by atoms with Crippen LogP contribution >= 0.6 is 12.4 Å². The third-order valence-corrected chi connectivity index (χ3v) is 3.93. The number of halogens is 1. The summed E-state index contributed by atoms with van der Waals surface area (Å²) in [5.41, 5.74) is 7.78. The maximum atomic E-state index is 12.3. The average Bonchev–Trinajstić information content (AvgIpc) is 2.60. The van der Waals surface area contributed by atoms with Crippen molar-refractivity contribution in [2.24, 2.45) is 5.73 Å². The Morgan fingerprint density at radius 3 is 2.38 bits per heavy atom. The van der Waals surface area contributed by atoms with Crippen LogP contribution in [0.4, 0.5) is 0 Å². The van der Waals surface area contributed by atoms with E-state index in [0.29, 0.717) is 6.54 Å². The molecule has 0 fully saturated rings. The highest BCUT2D eigenvalue weighted by molar-refractivity contribution is 5.85. The van der Waals surface area contributed by atoms with E-state index in [9.17, 15) is 4.79 Å². The van der Waals surface area contributed by atoms with Gasteiger partial charge in [-0.25, -0.2) is 0 Å². The monoisotopic (exact) mass is 348 g/mol. The Balaban J connectivity index is 0.00000288. The summed E-state index contributed by atoms with van der Waals surface area (Å²) in [4.78, 5) is 14.1. The second kappa shape index (κ2) is 9.96. The van der Waals surface area contributed by atoms with Crippen molar-refractivity contribution < 1.29 is 9.53 Å². The number of ether oxygens (including phenoxy) is 1. The lowest BCUT2D eigenvalue weighted by Gasteiger charge is -2.29. The molecule has 1 atom stereocenters. The number of nitrogens with two attached hydrogens (primary N) is 1. The first-order chi connectivity index (χ1) is 11.2. The second-order valence-electron chi connectivity index (χ2n) is 5.58. The van der Waals surface area contributed by atoms with Gasteiger partial charge in [-0.2, -0.15) is 0 Å². The molecule has 0 bridgehead atoms. The molecule has 0 aliphatic rings. The van der Waals surface area contributed by atoms with Crippen LogP contribution in [0.15, 0.2) is 54.6 Å². The molecule has 1 unspecified atom stereocenters. The topological polar surface area (TPSA) is 55.6 Å². The van der Waals surface area contributed by atoms with E-state index < -0.39 is 0 Å². The third-order valence-electron chi connectivity index (χ3n) is 3.93. The van der Waals surface area contributed by atoms with Crippen molar-refractivity contribution in [3.63, 3.8) is 0 Å². The quantitative estimate of drug-likeness (QED) is 0.836. The second-order valence-corrected chi connectivity index (χ2v) is 5.58. The minimum absolute atomic E-state index is 0. The molecule has 0 radical (unpaired) electrons. The lowest BCUT2D eigenvalue weighted by molar-refractivity contribution is -0.132. The van der Waals surface area contributed by atoms with E-state index >= 15 is 0 Å². The molecular formula is C19H25ClN2O2. The molecule has 4 nitrogen and oxygen atoms in total. The summed E-state index contributed by atoms with van der Waals surface area (Å²) in [6, 6.07) is 17.9. The highest BCUT2D eigenvalue weighted by Crippen LogP contribution is 2.21. The molecule has 0 aromatic heterocycles. The van der Waals surface area contributed by atoms with Crippen LogP contribution in [0.5, 0.6) is 5.75 Å². The number of nitrogens with zero attached hydrogens (tertiary/aromatic N) is 1. The molecule has 0 aliphatic heterocycles. The minimum Gasteiger partial charge on any atom is -0.496 e. The van der Waals surface area contributed by atoms with Gasteiger partial charge in [0.15, 0.2) is 0 Å². The van der Waals surface area contributed by atoms with Crippen LogP contribution in [0.25, 0.3) is 0 Å². The van der Waals surface area contributed by atoms with Gasteiger partial charge in [0.1, 0.15) is 5.75 Å². The summed E-state index contributed by atoms with van der Waals surface area (Å²) in [6.45, 7) is 2.62. The van der Waals surface area contributed by atoms with Gasteiger partial charge < -0.3 is 15.4 Å². The zero-order valence-electron chi connectivity index (χ0n) is 14.1. The Hall–Kier alpha value is -2.04. The largest absolute Gasteiger partial charge is 0.496 e. The molecule has 0 spiro atoms. The summed E-state index contributed by atoms with van der Waals surface area (Å²) in [6.07, 6.45) is 0.725. The zero-order chi connectivity index (χ0) is 16.7. The lowest BCUT2D eigenvalue weighted by Crippen LogP contribution is -2.42. The predicted molar refractivity (Wildman–Crippen MR) is 99.5 cm³/mol. The predicted octanol–water partition coefficient (Wildman–Crippen LogP) is 3.04. The zero-order valence-corrected chi connectivity index (χ0v) is 15.0. The van der Waals surface area contributed by atoms with Crippen molar-refractivity contribution in [1.29, 1.82) is 0 Å². The van der Waals surface area contributed by atoms with Gasteiger partial charge in [0.05, 0.1) is 13.7 Å². The molecule has 5 heteroatoms. The number of hydrogen-bond acceptors (Lipinski definition) is 3. The van der Waals surface area contributed by atoms with Crippen LogP contribution in [0.2, 0.25) is 0 Å². The molecule has 2 rings (SSSR count). The molecular weight excluding hydrogens is 324 g/mol. The standard InChI is InChI=1S/C19H24N2O2.ClH/c1-15(12-17-10-6-7-11-18(17)23-2)21(19(22)13-20)14-16-8-4-3-5-9-16;/h3-11,15H,12-14,20H2,1-2H3;1H. The molecule has 0 heterocycles. The van der Waals surface area contributed by atoms with Gasteiger partial charge in [-0.05, 0) is 30.5 Å². The smallest absolute Gasteiger partial charge is 0.236 e. The van der Waals surface area contributed by atoms with Crippen LogP contribution in [0.1, 0.15) is 18.1 Å². The van der Waals surface area contributed by atoms with Crippen molar-refractivity contribution in [3.8, 4) is 5.75 Å². The SMILES string of the molecule is COc1ccccc1CC(C)N(Cc1ccccc1)C(=O)CN.Cl. The van der Waals surface area contributed by atoms with Gasteiger partial charge in [-0.3, -0.25) is 4.79 Å². The van der Waals surface area contributed by atoms with Crippen molar-refractivity contribution in [2.75, 3.05) is 13.7 Å². The molecule has 0 saturated heterocycles. The number of methoxy groups -OCH3 is 1. The van der Waals surface area contributed by atoms with Crippen molar-refractivity contribution in [2.45, 2.75) is 25.9 Å². The first-order valence-corrected chi connectivity index (χ1v) is 7.81. The van der Waals surface area contributed by atoms with E-state index in [-0.39, 0.29) is 30.9 Å². The molecule has 2 aromatic carbocycles. The van der Waals surface area contributed by atoms with E-state index in [1.54, 1.807) is 7.11 Å². The normalized spacial score (nSPS) is 11.3. The van der Waals surface area contributed by atoms with Crippen LogP contribution in [0.3, 0.4) is 0 Å². The number of para-hydroxylation sites is 1. The Morgan fingerprint density at radius 1 is 1.12 bits per heavy atom. The van der Waals surface area contributed by atoms with Crippen molar-refractivity contribution in [1.82, 2.24) is 4.90 Å². The van der Waals surface area contributed by atoms with Crippen LogP contribution in [-0.2, 0) is 17.8 Å². The molecule has 2 aromatic rings. The van der Waals surface area contributed by atoms with Crippen LogP contribution < -0.4 is 10.5 Å². The maximum Gasteiger partial charge on any atom is 0.236 e. The van der Waals surface area contributed by atoms with Crippen LogP contribution in [-0.4, -0.2) is 30.5 Å². The molecule has 2 N–H and O–H groups in total. The number of rotatable bonds is 7. The number of carbonyl (C=O) groups excluding carboxylic acids is 1. The summed E-state index contributed by atoms with van der Waals surface area (Å²) in [7, 11) is 1.66. The number of amides is 1. The Morgan fingerprint density at radius 2 is 1.75 bits per heavy atom. The van der Waals surface area contributed by atoms with Crippen molar-refractivity contribution in [3.05, 3.63) is 65.7 Å². The summed E-state index contributed by atoms with van der Waals surface area (Å²) in [5.74, 6) is 0.801. The van der Waals surface area contributed by atoms with Gasteiger partial charge in [0.25, 0.3) is 0 Å². The summed E-state index contributed by atoms with van der Waals surface area (Å²) in [5, 5.41) is 0. The molecule has 1 amide bonds. The molecule has 130 valence electrons. The minimum atomic E-state index is -0.0451. The third kappa shape index (κ3) is 5.25. The van der Waals surface area contributed by atoms with Gasteiger partial charge in [0.2, 0.25) is 5.91 Å². The fraction of sp³-hybridized carbons (Fsp3) is 0.316. The summed E-state index contributed by atoms with van der Waals surface area (Å²) < 4.78 is 5.40. The fourth-order valence-corrected chi connectivity index (χ4v) is 2.69. The first kappa shape index (κ1) is 20.0. The molecule has 0 saturated carbocycles. The molecule has 0 aliphatic carbocycles. The average molecular weight is 349 g/mol. The Labute approximate surface area is 150 Å². The number of carbonyl (C=O) groups is 1. The maximum absolute atomic E-state index is 12.3. The van der Waals surface area contributed by atoms with Crippen LogP contribution in [0, 0.1) is 0 Å². The van der Waals surface area contributed by atoms with Gasteiger partial charge in [-0.1, -0.05) is 48.5 Å². The van der Waals surface area contributed by atoms with E-state index in [0.717, 1.165) is 23.3 Å². The van der Waals surface area contributed by atoms with Crippen molar-refractivity contribution >= 4 is 18.3 Å². The van der Waals surface area contributed by atoms with E-state index in [2.05, 4.69) is 0 Å². The highest BCUT2D eigenvalue weighted by Gasteiger charge is 2.20. The van der Waals surface area contributed by atoms with Gasteiger partial charge >= 0.3 is 0 Å². The Bertz CT molecular complexity index is 634. The highest BCUT2D eigenvalue weighted by atomic mass is 35.5. The first-order valence-electron chi connectivity index (χ1n) is 7.81. The van der Waals surface area contributed by atoms with Gasteiger partial charge in [-0.15, -0.1) is 12.4 Å². The summed E-state index contributed by atoms with van der Waals surface area (Å²) >= 11 is 0. The fourth-order valence-electron chi connectivity index (χ4n) is 2.69. The lowest BCUT2D eigenvalue weighted by atomic mass is 10.0. The van der Waals surface area contributed by atoms with E-state index in [1.807, 2.05) is 66.4 Å². The Kier molecular flexibility index (Phi) is 8.30. The van der Waals surface area contributed by atoms with Gasteiger partial charge in [0, 0.05) is 12.6 Å².